The van der Waals surface area contributed by atoms with E-state index in [0.717, 1.165) is 0 Å². The lowest BCUT2D eigenvalue weighted by Crippen LogP contribution is -1.96. The highest BCUT2D eigenvalue weighted by Gasteiger charge is 2.00. The topological polar surface area (TPSA) is 53.8 Å². The van der Waals surface area contributed by atoms with Gasteiger partial charge in [0.05, 0.1) is 9.73 Å². The van der Waals surface area contributed by atoms with Crippen LogP contribution in [-0.2, 0) is 9.73 Å². The van der Waals surface area contributed by atoms with Gasteiger partial charge in [0.15, 0.2) is 0 Å². The fraction of sp³-hybridized carbons (Fsp3) is 0.167. The molecule has 0 radical (unpaired) electrons. The van der Waals surface area contributed by atoms with E-state index in [1.807, 2.05) is 0 Å². The highest BCUT2D eigenvalue weighted by atomic mass is 32.2. The summed E-state index contributed by atoms with van der Waals surface area (Å²) in [6.07, 6.45) is 2.89. The van der Waals surface area contributed by atoms with E-state index in [4.69, 9.17) is 4.78 Å². The Bertz CT molecular complexity index is 304. The molecular weight excluding hydrogens is 148 g/mol. The standard InChI is InChI=1S/C6H8N2OS/c1-10(7,9)6-4-2-3-5-8-6/h2-5,7H,1H3. The van der Waals surface area contributed by atoms with Gasteiger partial charge >= 0.3 is 0 Å². The van der Waals surface area contributed by atoms with Crippen LogP contribution in [0.1, 0.15) is 0 Å². The highest BCUT2D eigenvalue weighted by Crippen LogP contribution is 2.02. The SMILES string of the molecule is CS(=N)(=O)c1ccccn1. The summed E-state index contributed by atoms with van der Waals surface area (Å²) >= 11 is 0. The molecule has 0 saturated heterocycles. The Kier molecular flexibility index (Phi) is 1.72. The summed E-state index contributed by atoms with van der Waals surface area (Å²) in [6.45, 7) is 0. The monoisotopic (exact) mass is 156 g/mol. The maximum Gasteiger partial charge on any atom is 0.135 e. The molecule has 10 heavy (non-hydrogen) atoms. The molecule has 0 aromatic carbocycles. The zero-order valence-corrected chi connectivity index (χ0v) is 6.39. The van der Waals surface area contributed by atoms with E-state index in [0.29, 0.717) is 5.03 Å². The van der Waals surface area contributed by atoms with Gasteiger partial charge in [-0.25, -0.2) is 14.0 Å². The molecule has 54 valence electrons. The van der Waals surface area contributed by atoms with Gasteiger partial charge in [-0.3, -0.25) is 0 Å². The molecule has 0 aliphatic rings. The molecule has 0 aliphatic heterocycles. The van der Waals surface area contributed by atoms with E-state index < -0.39 is 9.73 Å². The molecule has 0 saturated carbocycles. The number of hydrogen-bond donors (Lipinski definition) is 1. The lowest BCUT2D eigenvalue weighted by Gasteiger charge is -1.96. The molecule has 1 heterocycles. The lowest BCUT2D eigenvalue weighted by atomic mass is 10.5. The van der Waals surface area contributed by atoms with Crippen molar-refractivity contribution in [3.05, 3.63) is 24.4 Å². The summed E-state index contributed by atoms with van der Waals surface area (Å²) in [7, 11) is -2.61. The van der Waals surface area contributed by atoms with Crippen LogP contribution in [-0.4, -0.2) is 15.4 Å². The number of rotatable bonds is 1. The van der Waals surface area contributed by atoms with Gasteiger partial charge < -0.3 is 0 Å². The summed E-state index contributed by atoms with van der Waals surface area (Å²) in [5.41, 5.74) is 0. The van der Waals surface area contributed by atoms with Gasteiger partial charge in [0.25, 0.3) is 0 Å². The van der Waals surface area contributed by atoms with Crippen LogP contribution < -0.4 is 0 Å². The van der Waals surface area contributed by atoms with Gasteiger partial charge in [-0.05, 0) is 12.1 Å². The van der Waals surface area contributed by atoms with E-state index in [1.165, 1.54) is 12.5 Å². The van der Waals surface area contributed by atoms with Gasteiger partial charge in [-0.1, -0.05) is 6.07 Å². The van der Waals surface area contributed by atoms with Crippen LogP contribution in [0.15, 0.2) is 29.4 Å². The predicted molar refractivity (Wildman–Crippen MR) is 39.3 cm³/mol. The molecule has 0 bridgehead atoms. The van der Waals surface area contributed by atoms with Crippen LogP contribution in [0.5, 0.6) is 0 Å². The molecule has 0 aliphatic carbocycles. The summed E-state index contributed by atoms with van der Waals surface area (Å²) in [5.74, 6) is 0. The predicted octanol–water partition coefficient (Wildman–Crippen LogP) is 1.12. The van der Waals surface area contributed by atoms with Gasteiger partial charge in [0, 0.05) is 12.5 Å². The first-order valence-corrected chi connectivity index (χ1v) is 4.72. The Hall–Kier alpha value is -0.900. The first-order valence-electron chi connectivity index (χ1n) is 2.75. The van der Waals surface area contributed by atoms with Crippen molar-refractivity contribution >= 4 is 9.73 Å². The quantitative estimate of drug-likeness (QED) is 0.662. The molecule has 1 N–H and O–H groups in total. The third kappa shape index (κ3) is 1.54. The van der Waals surface area contributed by atoms with E-state index in [9.17, 15) is 4.21 Å². The van der Waals surface area contributed by atoms with Crippen molar-refractivity contribution in [3.8, 4) is 0 Å². The summed E-state index contributed by atoms with van der Waals surface area (Å²) in [5, 5.41) is 0.343. The van der Waals surface area contributed by atoms with E-state index >= 15 is 0 Å². The third-order valence-corrected chi connectivity index (χ3v) is 2.08. The summed E-state index contributed by atoms with van der Waals surface area (Å²) < 4.78 is 18.1. The Labute approximate surface area is 60.1 Å². The fourth-order valence-corrected chi connectivity index (χ4v) is 1.18. The van der Waals surface area contributed by atoms with E-state index in [2.05, 4.69) is 4.98 Å². The molecule has 0 amide bonds. The number of aromatic nitrogens is 1. The lowest BCUT2D eigenvalue weighted by molar-refractivity contribution is 0.676. The molecule has 1 unspecified atom stereocenters. The molecule has 0 spiro atoms. The first-order chi connectivity index (χ1) is 4.61. The minimum absolute atomic E-state index is 0.343. The Morgan fingerprint density at radius 1 is 1.60 bits per heavy atom. The molecule has 1 atom stereocenters. The maximum absolute atomic E-state index is 11.0. The molecule has 1 aromatic heterocycles. The first kappa shape index (κ1) is 7.21. The molecule has 0 fully saturated rings. The average molecular weight is 156 g/mol. The van der Waals surface area contributed by atoms with Gasteiger partial charge in [0.2, 0.25) is 0 Å². The van der Waals surface area contributed by atoms with Crippen LogP contribution in [0.3, 0.4) is 0 Å². The molecule has 3 nitrogen and oxygen atoms in total. The van der Waals surface area contributed by atoms with Crippen molar-refractivity contribution in [2.45, 2.75) is 5.03 Å². The third-order valence-electron chi connectivity index (χ3n) is 1.04. The number of nitrogens with one attached hydrogen (secondary N) is 1. The van der Waals surface area contributed by atoms with Crippen LogP contribution >= 0.6 is 0 Å². The zero-order valence-electron chi connectivity index (χ0n) is 5.57. The summed E-state index contributed by atoms with van der Waals surface area (Å²) in [4.78, 5) is 3.79. The fourth-order valence-electron chi connectivity index (χ4n) is 0.578. The Morgan fingerprint density at radius 2 is 2.30 bits per heavy atom. The van der Waals surface area contributed by atoms with Gasteiger partial charge in [-0.15, -0.1) is 0 Å². The van der Waals surface area contributed by atoms with Crippen molar-refractivity contribution in [1.82, 2.24) is 4.98 Å². The number of hydrogen-bond acceptors (Lipinski definition) is 3. The van der Waals surface area contributed by atoms with Crippen LogP contribution in [0, 0.1) is 4.78 Å². The van der Waals surface area contributed by atoms with Crippen molar-refractivity contribution in [3.63, 3.8) is 0 Å². The number of nitrogens with zero attached hydrogens (tertiary/aromatic N) is 1. The summed E-state index contributed by atoms with van der Waals surface area (Å²) in [6, 6.07) is 5.05. The van der Waals surface area contributed by atoms with Crippen LogP contribution in [0.25, 0.3) is 0 Å². The van der Waals surface area contributed by atoms with Crippen molar-refractivity contribution in [1.29, 1.82) is 4.78 Å². The zero-order chi connectivity index (χ0) is 7.61. The van der Waals surface area contributed by atoms with E-state index in [1.54, 1.807) is 18.2 Å². The van der Waals surface area contributed by atoms with Gasteiger partial charge in [-0.2, -0.15) is 0 Å². The second kappa shape index (κ2) is 2.38. The smallest absolute Gasteiger partial charge is 0.135 e. The second-order valence-electron chi connectivity index (χ2n) is 2.01. The maximum atomic E-state index is 11.0. The highest BCUT2D eigenvalue weighted by molar-refractivity contribution is 7.91. The Morgan fingerprint density at radius 3 is 2.60 bits per heavy atom. The normalized spacial score (nSPS) is 16.1. The van der Waals surface area contributed by atoms with Crippen molar-refractivity contribution in [2.24, 2.45) is 0 Å². The minimum atomic E-state index is -2.61. The average Bonchev–Trinajstić information content (AvgIpc) is 1.88. The molecule has 1 rings (SSSR count). The molecule has 4 heteroatoms. The van der Waals surface area contributed by atoms with Crippen molar-refractivity contribution in [2.75, 3.05) is 6.26 Å². The largest absolute Gasteiger partial charge is 0.248 e. The Balaban J connectivity index is 3.22. The molecular formula is C6H8N2OS. The van der Waals surface area contributed by atoms with E-state index in [-0.39, 0.29) is 0 Å². The molecule has 1 aromatic rings. The minimum Gasteiger partial charge on any atom is -0.248 e. The van der Waals surface area contributed by atoms with Crippen LogP contribution in [0.2, 0.25) is 0 Å². The van der Waals surface area contributed by atoms with Crippen LogP contribution in [0.4, 0.5) is 0 Å². The van der Waals surface area contributed by atoms with Crippen molar-refractivity contribution < 1.29 is 4.21 Å². The second-order valence-corrected chi connectivity index (χ2v) is 4.12. The van der Waals surface area contributed by atoms with Gasteiger partial charge in [0.1, 0.15) is 5.03 Å². The number of pyridine rings is 1.